The second-order valence-electron chi connectivity index (χ2n) is 16.3. The van der Waals surface area contributed by atoms with Gasteiger partial charge in [-0.25, -0.2) is 0 Å². The molecule has 0 aliphatic rings. The van der Waals surface area contributed by atoms with Crippen LogP contribution >= 0.6 is 0 Å². The summed E-state index contributed by atoms with van der Waals surface area (Å²) in [5.41, 5.74) is 6.39. The number of benzene rings is 11. The lowest BCUT2D eigenvalue weighted by molar-refractivity contribution is 0.672. The summed E-state index contributed by atoms with van der Waals surface area (Å²) < 4.78 is 126. The van der Waals surface area contributed by atoms with E-state index >= 15 is 0 Å². The van der Waals surface area contributed by atoms with Crippen LogP contribution in [0.4, 0.5) is 17.1 Å². The van der Waals surface area contributed by atoms with Gasteiger partial charge >= 0.3 is 0 Å². The third-order valence-corrected chi connectivity index (χ3v) is 12.4. The highest BCUT2D eigenvalue weighted by atomic mass is 16.3. The van der Waals surface area contributed by atoms with Crippen molar-refractivity contribution in [3.63, 3.8) is 0 Å². The van der Waals surface area contributed by atoms with E-state index in [1.165, 1.54) is 0 Å². The highest BCUT2D eigenvalue weighted by Gasteiger charge is 2.20. The molecule has 0 unspecified atom stereocenters. The Hall–Kier alpha value is -8.92. The van der Waals surface area contributed by atoms with Crippen LogP contribution in [0.3, 0.4) is 0 Å². The number of hydrogen-bond acceptors (Lipinski definition) is 2. The zero-order valence-corrected chi connectivity index (χ0v) is 35.5. The van der Waals surface area contributed by atoms with Crippen molar-refractivity contribution in [1.29, 1.82) is 0 Å². The van der Waals surface area contributed by atoms with Crippen LogP contribution in [0.15, 0.2) is 259 Å². The van der Waals surface area contributed by atoms with E-state index < -0.39 is 101 Å². The molecule has 2 heterocycles. The number of aromatic nitrogens is 1. The van der Waals surface area contributed by atoms with E-state index in [0.717, 1.165) is 71.3 Å². The molecule has 11 aromatic carbocycles. The van der Waals surface area contributed by atoms with Crippen LogP contribution < -0.4 is 4.90 Å². The smallest absolute Gasteiger partial charge is 0.143 e. The zero-order chi connectivity index (χ0) is 55.6. The number of fused-ring (bicyclic) bond motifs is 8. The molecule has 0 amide bonds. The monoisotopic (exact) mass is 867 g/mol. The Bertz CT molecular complexity index is 4640. The lowest BCUT2D eigenvalue weighted by Crippen LogP contribution is -2.11. The molecule has 0 fully saturated rings. The minimum atomic E-state index is -0.785. The molecular formula is C64H42N2O. The van der Waals surface area contributed by atoms with Gasteiger partial charge in [-0.15, -0.1) is 0 Å². The molecule has 0 aliphatic carbocycles. The predicted octanol–water partition coefficient (Wildman–Crippen LogP) is 18.0. The van der Waals surface area contributed by atoms with E-state index in [0.29, 0.717) is 22.5 Å². The van der Waals surface area contributed by atoms with Crippen LogP contribution in [0.2, 0.25) is 0 Å². The molecule has 0 saturated carbocycles. The Kier molecular flexibility index (Phi) is 6.53. The van der Waals surface area contributed by atoms with E-state index in [9.17, 15) is 8.22 Å². The van der Waals surface area contributed by atoms with E-state index in [-0.39, 0.29) is 5.69 Å². The topological polar surface area (TPSA) is 21.3 Å². The normalized spacial score (nSPS) is 14.3. The summed E-state index contributed by atoms with van der Waals surface area (Å²) in [6, 6.07) is 48.8. The van der Waals surface area contributed by atoms with Crippen LogP contribution in [0.25, 0.3) is 105 Å². The molecule has 67 heavy (non-hydrogen) atoms. The fraction of sp³-hybridized carbons (Fsp3) is 0. The Morgan fingerprint density at radius 1 is 0.373 bits per heavy atom. The summed E-state index contributed by atoms with van der Waals surface area (Å²) in [6.45, 7) is 0. The molecule has 0 radical (unpaired) electrons. The van der Waals surface area contributed by atoms with E-state index in [2.05, 4.69) is 47.0 Å². The Morgan fingerprint density at radius 2 is 0.985 bits per heavy atom. The molecule has 2 aromatic heterocycles. The maximum Gasteiger partial charge on any atom is 0.143 e. The molecule has 0 saturated heterocycles. The third kappa shape index (κ3) is 6.67. The van der Waals surface area contributed by atoms with Crippen molar-refractivity contribution in [1.82, 2.24) is 4.57 Å². The molecular weight excluding hydrogens is 813 g/mol. The third-order valence-electron chi connectivity index (χ3n) is 12.4. The van der Waals surface area contributed by atoms with E-state index in [4.69, 9.17) is 14.0 Å². The van der Waals surface area contributed by atoms with Gasteiger partial charge in [-0.2, -0.15) is 0 Å². The van der Waals surface area contributed by atoms with Gasteiger partial charge in [-0.1, -0.05) is 182 Å². The van der Waals surface area contributed by atoms with E-state index in [1.54, 1.807) is 4.90 Å². The quantitative estimate of drug-likeness (QED) is 0.152. The largest absolute Gasteiger partial charge is 0.455 e. The molecule has 13 rings (SSSR count). The minimum Gasteiger partial charge on any atom is -0.455 e. The van der Waals surface area contributed by atoms with Crippen molar-refractivity contribution in [2.24, 2.45) is 0 Å². The van der Waals surface area contributed by atoms with Crippen LogP contribution in [0.1, 0.15) is 17.8 Å². The number of rotatable bonds is 8. The molecule has 314 valence electrons. The van der Waals surface area contributed by atoms with Crippen molar-refractivity contribution in [2.75, 3.05) is 4.90 Å². The first-order valence-corrected chi connectivity index (χ1v) is 21.9. The van der Waals surface area contributed by atoms with Crippen LogP contribution in [0, 0.1) is 0 Å². The Labute approximate surface area is 406 Å². The molecule has 3 nitrogen and oxygen atoms in total. The first-order chi connectivity index (χ1) is 38.6. The lowest BCUT2D eigenvalue weighted by Gasteiger charge is -2.28. The van der Waals surface area contributed by atoms with Gasteiger partial charge < -0.3 is 13.9 Å². The van der Waals surface area contributed by atoms with Crippen LogP contribution in [-0.2, 0) is 0 Å². The fourth-order valence-corrected chi connectivity index (χ4v) is 9.28. The molecule has 0 spiro atoms. The Morgan fingerprint density at radius 3 is 1.72 bits per heavy atom. The van der Waals surface area contributed by atoms with Crippen molar-refractivity contribution in [3.05, 3.63) is 254 Å². The number of hydrogen-bond donors (Lipinski definition) is 0. The second-order valence-corrected chi connectivity index (χ2v) is 16.3. The SMILES string of the molecule is [2H]c1c([2H])c([2H])c(-c2c([2H])c([2H])c(-c3c([2H])c([2H])c(N(c4ccc(-c5cccc(-n6c7ccccc7c7ccccc76)c5)cc4)c4ccccc4-c4ccc5oc6c7ccccc7ccc6c5c4)c([2H])c3[2H])c([2H])c2[2H])c([2H])c1[2H]. The molecule has 13 aromatic rings. The van der Waals surface area contributed by atoms with Crippen molar-refractivity contribution < 1.29 is 22.2 Å². The van der Waals surface area contributed by atoms with Gasteiger partial charge in [0.05, 0.1) is 34.5 Å². The van der Waals surface area contributed by atoms with Gasteiger partial charge in [0.1, 0.15) is 11.2 Å². The summed E-state index contributed by atoms with van der Waals surface area (Å²) in [4.78, 5) is 1.67. The zero-order valence-electron chi connectivity index (χ0n) is 48.5. The second kappa shape index (κ2) is 16.0. The molecule has 0 aliphatic heterocycles. The average molecular weight is 868 g/mol. The minimum absolute atomic E-state index is 0.162. The fourth-order valence-electron chi connectivity index (χ4n) is 9.28. The summed E-state index contributed by atoms with van der Waals surface area (Å²) >= 11 is 0. The van der Waals surface area contributed by atoms with Gasteiger partial charge in [0.25, 0.3) is 0 Å². The number of furan rings is 1. The van der Waals surface area contributed by atoms with Crippen molar-refractivity contribution >= 4 is 71.6 Å². The van der Waals surface area contributed by atoms with Crippen LogP contribution in [0.5, 0.6) is 0 Å². The summed E-state index contributed by atoms with van der Waals surface area (Å²) in [6.07, 6.45) is 0. The first-order valence-electron chi connectivity index (χ1n) is 28.4. The highest BCUT2D eigenvalue weighted by Crippen LogP contribution is 2.44. The van der Waals surface area contributed by atoms with Crippen molar-refractivity contribution in [3.8, 4) is 50.2 Å². The number of nitrogens with zero attached hydrogens (tertiary/aromatic N) is 2. The predicted molar refractivity (Wildman–Crippen MR) is 282 cm³/mol. The molecule has 3 heteroatoms. The molecule has 0 N–H and O–H groups in total. The van der Waals surface area contributed by atoms with Gasteiger partial charge in [0, 0.05) is 49.6 Å². The van der Waals surface area contributed by atoms with Crippen LogP contribution in [-0.4, -0.2) is 4.57 Å². The van der Waals surface area contributed by atoms with Gasteiger partial charge in [0.15, 0.2) is 0 Å². The van der Waals surface area contributed by atoms with Crippen molar-refractivity contribution in [2.45, 2.75) is 0 Å². The number of anilines is 3. The van der Waals surface area contributed by atoms with Gasteiger partial charge in [0.2, 0.25) is 0 Å². The maximum atomic E-state index is 9.83. The van der Waals surface area contributed by atoms with Gasteiger partial charge in [-0.05, 0) is 117 Å². The molecule has 0 atom stereocenters. The summed E-state index contributed by atoms with van der Waals surface area (Å²) in [5, 5.41) is 6.07. The number of para-hydroxylation sites is 3. The Balaban J connectivity index is 0.990. The van der Waals surface area contributed by atoms with E-state index in [1.807, 2.05) is 133 Å². The lowest BCUT2D eigenvalue weighted by atomic mass is 9.98. The maximum absolute atomic E-state index is 9.83. The first kappa shape index (κ1) is 27.4. The summed E-state index contributed by atoms with van der Waals surface area (Å²) in [5.74, 6) is 0. The summed E-state index contributed by atoms with van der Waals surface area (Å²) in [7, 11) is 0. The highest BCUT2D eigenvalue weighted by molar-refractivity contribution is 6.16. The average Bonchev–Trinajstić information content (AvgIpc) is 4.06. The standard InChI is InChI=1S/C64H42N2O/c1-2-13-43(14-3-1)44-25-27-45(28-26-44)46-29-35-51(36-30-46)65(60-22-9-6-18-54(60)50-34-40-63-59(42-50)58-39-33-48-15-4-5-19-55(48)64(58)67-63)52-37-31-47(32-38-52)49-16-12-17-53(41-49)66-61-23-10-7-20-56(61)57-21-8-11-24-62(57)66/h1-42H/i1D,2D,3D,13D,14D,25D,26D,27D,28D,29D,30D,35D,36D. The molecule has 0 bridgehead atoms. The van der Waals surface area contributed by atoms with Gasteiger partial charge in [-0.3, -0.25) is 0 Å².